The number of para-hydroxylation sites is 1. The van der Waals surface area contributed by atoms with Crippen LogP contribution in [0.15, 0.2) is 62.9 Å². The molecule has 1 heterocycles. The molecule has 0 amide bonds. The summed E-state index contributed by atoms with van der Waals surface area (Å²) in [5.41, 5.74) is 0.664. The van der Waals surface area contributed by atoms with E-state index < -0.39 is 21.2 Å². The number of nitrogens with one attached hydrogen (secondary N) is 1. The molecule has 3 rings (SSSR count). The Labute approximate surface area is 172 Å². The first kappa shape index (κ1) is 21.0. The van der Waals surface area contributed by atoms with Crippen LogP contribution < -0.4 is 4.72 Å². The molecule has 0 aliphatic heterocycles. The van der Waals surface area contributed by atoms with Crippen LogP contribution in [0.1, 0.15) is 6.42 Å². The summed E-state index contributed by atoms with van der Waals surface area (Å²) in [6.07, 6.45) is 0.720. The Morgan fingerprint density at radius 2 is 1.93 bits per heavy atom. The first-order valence-corrected chi connectivity index (χ1v) is 11.8. The van der Waals surface area contributed by atoms with Gasteiger partial charge in [0.25, 0.3) is 10.0 Å². The number of furan rings is 1. The van der Waals surface area contributed by atoms with E-state index in [2.05, 4.69) is 4.72 Å². The highest BCUT2D eigenvalue weighted by Gasteiger charge is 2.24. The number of benzene rings is 2. The van der Waals surface area contributed by atoms with Crippen molar-refractivity contribution >= 4 is 49.5 Å². The largest absolute Gasteiger partial charge is 0.611 e. The highest BCUT2D eigenvalue weighted by Crippen LogP contribution is 2.30. The SMILES string of the molecule is CN(C)CCC[S+]([O-])c1ccc(Cl)cc1NS(=O)(=O)c1cc2ccccc2o1. The number of hydrogen-bond acceptors (Lipinski definition) is 5. The second kappa shape index (κ2) is 8.75. The van der Waals surface area contributed by atoms with Crippen LogP contribution in [0, 0.1) is 0 Å². The molecule has 2 aromatic carbocycles. The Morgan fingerprint density at radius 1 is 1.18 bits per heavy atom. The van der Waals surface area contributed by atoms with Gasteiger partial charge in [0, 0.05) is 29.4 Å². The molecule has 0 saturated heterocycles. The summed E-state index contributed by atoms with van der Waals surface area (Å²) in [5, 5.41) is 0.816. The van der Waals surface area contributed by atoms with Crippen LogP contribution in [-0.4, -0.2) is 44.3 Å². The molecule has 0 aliphatic carbocycles. The number of halogens is 1. The molecule has 0 saturated carbocycles. The third-order valence-electron chi connectivity index (χ3n) is 4.03. The zero-order chi connectivity index (χ0) is 20.3. The molecule has 1 atom stereocenters. The van der Waals surface area contributed by atoms with E-state index >= 15 is 0 Å². The van der Waals surface area contributed by atoms with Crippen molar-refractivity contribution < 1.29 is 17.4 Å². The quantitative estimate of drug-likeness (QED) is 0.536. The fraction of sp³-hybridized carbons (Fsp3) is 0.263. The Hall–Kier alpha value is -1.71. The van der Waals surface area contributed by atoms with Crippen LogP contribution in [0.3, 0.4) is 0 Å². The Morgan fingerprint density at radius 3 is 2.64 bits per heavy atom. The third-order valence-corrected chi connectivity index (χ3v) is 6.99. The van der Waals surface area contributed by atoms with Gasteiger partial charge in [-0.25, -0.2) is 0 Å². The average Bonchev–Trinajstić information content (AvgIpc) is 3.06. The van der Waals surface area contributed by atoms with Crippen LogP contribution in [-0.2, 0) is 21.2 Å². The minimum atomic E-state index is -4.00. The highest BCUT2D eigenvalue weighted by molar-refractivity contribution is 7.93. The summed E-state index contributed by atoms with van der Waals surface area (Å²) in [7, 11) is -0.115. The lowest BCUT2D eigenvalue weighted by Gasteiger charge is -2.16. The number of fused-ring (bicyclic) bond motifs is 1. The molecule has 1 unspecified atom stereocenters. The zero-order valence-corrected chi connectivity index (χ0v) is 17.9. The van der Waals surface area contributed by atoms with E-state index in [4.69, 9.17) is 16.0 Å². The van der Waals surface area contributed by atoms with Crippen molar-refractivity contribution in [3.63, 3.8) is 0 Å². The average molecular weight is 441 g/mol. The maximum Gasteiger partial charge on any atom is 0.295 e. The lowest BCUT2D eigenvalue weighted by molar-refractivity contribution is 0.408. The van der Waals surface area contributed by atoms with Crippen molar-refractivity contribution in [1.82, 2.24) is 4.90 Å². The molecule has 28 heavy (non-hydrogen) atoms. The van der Waals surface area contributed by atoms with Crippen LogP contribution in [0.2, 0.25) is 5.02 Å². The molecule has 150 valence electrons. The fourth-order valence-electron chi connectivity index (χ4n) is 2.69. The molecular formula is C19H21ClN2O4S2. The summed E-state index contributed by atoms with van der Waals surface area (Å²) in [6.45, 7) is 0.791. The van der Waals surface area contributed by atoms with Gasteiger partial charge in [-0.3, -0.25) is 4.72 Å². The van der Waals surface area contributed by atoms with Crippen molar-refractivity contribution in [2.75, 3.05) is 31.1 Å². The standard InChI is InChI=1S/C19H21ClN2O4S2/c1-22(2)10-5-11-27(23)18-9-8-15(20)13-16(18)21-28(24,25)19-12-14-6-3-4-7-17(14)26-19/h3-4,6-9,12-13,21H,5,10-11H2,1-2H3. The summed E-state index contributed by atoms with van der Waals surface area (Å²) in [5.74, 6) is 0.416. The predicted molar refractivity (Wildman–Crippen MR) is 113 cm³/mol. The number of anilines is 1. The van der Waals surface area contributed by atoms with E-state index in [9.17, 15) is 13.0 Å². The van der Waals surface area contributed by atoms with Crippen molar-refractivity contribution in [1.29, 1.82) is 0 Å². The van der Waals surface area contributed by atoms with Gasteiger partial charge in [0.05, 0.1) is 0 Å². The number of hydrogen-bond donors (Lipinski definition) is 1. The van der Waals surface area contributed by atoms with Gasteiger partial charge in [-0.05, 0) is 49.5 Å². The maximum absolute atomic E-state index is 12.8. The second-order valence-electron chi connectivity index (χ2n) is 6.56. The minimum absolute atomic E-state index is 0.191. The first-order chi connectivity index (χ1) is 13.3. The number of sulfonamides is 1. The van der Waals surface area contributed by atoms with Gasteiger partial charge in [-0.1, -0.05) is 29.8 Å². The van der Waals surface area contributed by atoms with E-state index in [-0.39, 0.29) is 10.8 Å². The van der Waals surface area contributed by atoms with Gasteiger partial charge in [-0.15, -0.1) is 0 Å². The van der Waals surface area contributed by atoms with E-state index in [1.807, 2.05) is 19.0 Å². The maximum atomic E-state index is 12.8. The summed E-state index contributed by atoms with van der Waals surface area (Å²) in [6, 6.07) is 13.1. The third kappa shape index (κ3) is 5.01. The Bertz CT molecular complexity index is 1030. The van der Waals surface area contributed by atoms with Gasteiger partial charge in [0.15, 0.2) is 4.90 Å². The monoisotopic (exact) mass is 440 g/mol. The molecular weight excluding hydrogens is 420 g/mol. The lowest BCUT2D eigenvalue weighted by atomic mass is 10.3. The molecule has 6 nitrogen and oxygen atoms in total. The van der Waals surface area contributed by atoms with Crippen LogP contribution in [0.5, 0.6) is 0 Å². The molecule has 0 spiro atoms. The summed E-state index contributed by atoms with van der Waals surface area (Å²) < 4.78 is 46.3. The van der Waals surface area contributed by atoms with E-state index in [0.29, 0.717) is 26.6 Å². The van der Waals surface area contributed by atoms with Crippen LogP contribution in [0.25, 0.3) is 11.0 Å². The molecule has 0 fully saturated rings. The summed E-state index contributed by atoms with van der Waals surface area (Å²) >= 11 is 4.67. The molecule has 0 bridgehead atoms. The van der Waals surface area contributed by atoms with Crippen LogP contribution >= 0.6 is 11.6 Å². The molecule has 1 aromatic heterocycles. The predicted octanol–water partition coefficient (Wildman–Crippen LogP) is 3.95. The topological polar surface area (TPSA) is 85.6 Å². The van der Waals surface area contributed by atoms with Gasteiger partial charge in [0.1, 0.15) is 17.0 Å². The zero-order valence-electron chi connectivity index (χ0n) is 15.5. The van der Waals surface area contributed by atoms with Gasteiger partial charge in [-0.2, -0.15) is 8.42 Å². The van der Waals surface area contributed by atoms with E-state index in [1.165, 1.54) is 12.1 Å². The molecule has 0 radical (unpaired) electrons. The second-order valence-corrected chi connectivity index (χ2v) is 10.1. The van der Waals surface area contributed by atoms with E-state index in [1.54, 1.807) is 36.4 Å². The van der Waals surface area contributed by atoms with Crippen molar-refractivity contribution in [2.45, 2.75) is 16.4 Å². The number of rotatable bonds is 8. The summed E-state index contributed by atoms with van der Waals surface area (Å²) in [4.78, 5) is 2.40. The van der Waals surface area contributed by atoms with Gasteiger partial charge >= 0.3 is 0 Å². The van der Waals surface area contributed by atoms with Crippen molar-refractivity contribution in [2.24, 2.45) is 0 Å². The smallest absolute Gasteiger partial charge is 0.295 e. The molecule has 0 aliphatic rings. The van der Waals surface area contributed by atoms with E-state index in [0.717, 1.165) is 13.0 Å². The normalized spacial score (nSPS) is 13.2. The molecule has 9 heteroatoms. The minimum Gasteiger partial charge on any atom is -0.611 e. The van der Waals surface area contributed by atoms with Crippen LogP contribution in [0.4, 0.5) is 5.69 Å². The molecule has 3 aromatic rings. The first-order valence-electron chi connectivity index (χ1n) is 8.60. The Kier molecular flexibility index (Phi) is 6.57. The van der Waals surface area contributed by atoms with Gasteiger partial charge in [0.2, 0.25) is 5.09 Å². The van der Waals surface area contributed by atoms with Crippen molar-refractivity contribution in [3.05, 3.63) is 53.6 Å². The van der Waals surface area contributed by atoms with Crippen molar-refractivity contribution in [3.8, 4) is 0 Å². The Balaban J connectivity index is 1.87. The van der Waals surface area contributed by atoms with Gasteiger partial charge < -0.3 is 13.9 Å². The number of nitrogens with zero attached hydrogens (tertiary/aromatic N) is 1. The highest BCUT2D eigenvalue weighted by atomic mass is 35.5. The fourth-order valence-corrected chi connectivity index (χ4v) is 5.15. The molecule has 1 N–H and O–H groups in total. The lowest BCUT2D eigenvalue weighted by Crippen LogP contribution is -2.19.